The molecule has 0 amide bonds. The standard InChI is InChI=1S/C24H22O3/c1-3-15-9-12-22(25)20-11-10-16(13-21(15)20)27-24-14-23(26)19-8-6-5-7-18(19)17(24)4-2/h5-14,25-26H,3-4H2,1-2H3. The van der Waals surface area contributed by atoms with Gasteiger partial charge in [0.25, 0.3) is 0 Å². The molecule has 0 bridgehead atoms. The number of aromatic hydroxyl groups is 2. The molecule has 0 aliphatic rings. The third kappa shape index (κ3) is 2.95. The second-order valence-electron chi connectivity index (χ2n) is 6.68. The number of hydrogen-bond donors (Lipinski definition) is 2. The van der Waals surface area contributed by atoms with Crippen molar-refractivity contribution >= 4 is 21.5 Å². The molecule has 0 radical (unpaired) electrons. The Labute approximate surface area is 158 Å². The van der Waals surface area contributed by atoms with Gasteiger partial charge in [-0.15, -0.1) is 0 Å². The first-order valence-electron chi connectivity index (χ1n) is 9.28. The van der Waals surface area contributed by atoms with E-state index in [0.29, 0.717) is 11.5 Å². The summed E-state index contributed by atoms with van der Waals surface area (Å²) in [5.41, 5.74) is 2.22. The van der Waals surface area contributed by atoms with Crippen molar-refractivity contribution in [3.63, 3.8) is 0 Å². The van der Waals surface area contributed by atoms with Crippen LogP contribution in [0.5, 0.6) is 23.0 Å². The number of hydrogen-bond acceptors (Lipinski definition) is 3. The van der Waals surface area contributed by atoms with Crippen molar-refractivity contribution in [3.05, 3.63) is 71.8 Å². The van der Waals surface area contributed by atoms with E-state index in [4.69, 9.17) is 4.74 Å². The van der Waals surface area contributed by atoms with Crippen LogP contribution in [0.15, 0.2) is 60.7 Å². The van der Waals surface area contributed by atoms with E-state index in [1.165, 1.54) is 0 Å². The Morgan fingerprint density at radius 3 is 2.19 bits per heavy atom. The molecule has 4 rings (SSSR count). The lowest BCUT2D eigenvalue weighted by atomic mass is 10.00. The van der Waals surface area contributed by atoms with Gasteiger partial charge < -0.3 is 14.9 Å². The first-order valence-corrected chi connectivity index (χ1v) is 9.28. The number of phenolic OH excluding ortho intramolecular Hbond substituents is 2. The lowest BCUT2D eigenvalue weighted by Gasteiger charge is -2.15. The van der Waals surface area contributed by atoms with Crippen molar-refractivity contribution in [1.82, 2.24) is 0 Å². The third-order valence-electron chi connectivity index (χ3n) is 5.11. The van der Waals surface area contributed by atoms with Crippen molar-refractivity contribution in [2.75, 3.05) is 0 Å². The van der Waals surface area contributed by atoms with Gasteiger partial charge in [0.15, 0.2) is 0 Å². The summed E-state index contributed by atoms with van der Waals surface area (Å²) in [7, 11) is 0. The second-order valence-corrected chi connectivity index (χ2v) is 6.68. The molecule has 2 N–H and O–H groups in total. The van der Waals surface area contributed by atoms with Crippen molar-refractivity contribution in [2.24, 2.45) is 0 Å². The van der Waals surface area contributed by atoms with Crippen molar-refractivity contribution < 1.29 is 14.9 Å². The quantitative estimate of drug-likeness (QED) is 0.449. The van der Waals surface area contributed by atoms with Crippen LogP contribution in [0.25, 0.3) is 21.5 Å². The van der Waals surface area contributed by atoms with Crippen molar-refractivity contribution in [2.45, 2.75) is 26.7 Å². The number of phenols is 2. The molecule has 0 aliphatic heterocycles. The monoisotopic (exact) mass is 358 g/mol. The van der Waals surface area contributed by atoms with Gasteiger partial charge in [-0.1, -0.05) is 44.2 Å². The van der Waals surface area contributed by atoms with Crippen LogP contribution in [0.2, 0.25) is 0 Å². The molecule has 0 aromatic heterocycles. The SMILES string of the molecule is CCc1ccc(O)c2ccc(Oc3cc(O)c4ccccc4c3CC)cc12. The summed E-state index contributed by atoms with van der Waals surface area (Å²) in [5, 5.41) is 24.2. The lowest BCUT2D eigenvalue weighted by Crippen LogP contribution is -1.93. The highest BCUT2D eigenvalue weighted by Crippen LogP contribution is 2.39. The van der Waals surface area contributed by atoms with E-state index in [-0.39, 0.29) is 11.5 Å². The lowest BCUT2D eigenvalue weighted by molar-refractivity contribution is 0.457. The Bertz CT molecular complexity index is 1150. The number of rotatable bonds is 4. The van der Waals surface area contributed by atoms with Gasteiger partial charge in [0.2, 0.25) is 0 Å². The maximum absolute atomic E-state index is 10.4. The van der Waals surface area contributed by atoms with Gasteiger partial charge in [0, 0.05) is 22.4 Å². The van der Waals surface area contributed by atoms with Crippen LogP contribution in [0, 0.1) is 0 Å². The smallest absolute Gasteiger partial charge is 0.134 e. The average molecular weight is 358 g/mol. The first kappa shape index (κ1) is 17.2. The summed E-state index contributed by atoms with van der Waals surface area (Å²) in [4.78, 5) is 0. The van der Waals surface area contributed by atoms with E-state index in [0.717, 1.165) is 45.5 Å². The molecule has 0 fully saturated rings. The molecule has 4 aromatic carbocycles. The van der Waals surface area contributed by atoms with Gasteiger partial charge in [-0.25, -0.2) is 0 Å². The highest BCUT2D eigenvalue weighted by atomic mass is 16.5. The minimum absolute atomic E-state index is 0.213. The highest BCUT2D eigenvalue weighted by molar-refractivity contribution is 5.94. The summed E-state index contributed by atoms with van der Waals surface area (Å²) in [5.74, 6) is 1.83. The van der Waals surface area contributed by atoms with Crippen LogP contribution in [-0.2, 0) is 12.8 Å². The maximum Gasteiger partial charge on any atom is 0.134 e. The largest absolute Gasteiger partial charge is 0.507 e. The van der Waals surface area contributed by atoms with Crippen molar-refractivity contribution in [3.8, 4) is 23.0 Å². The molecule has 0 saturated heterocycles. The van der Waals surface area contributed by atoms with Gasteiger partial charge >= 0.3 is 0 Å². The molecular formula is C24H22O3. The predicted octanol–water partition coefficient (Wildman–Crippen LogP) is 6.32. The van der Waals surface area contributed by atoms with Crippen molar-refractivity contribution in [1.29, 1.82) is 0 Å². The second kappa shape index (κ2) is 6.84. The van der Waals surface area contributed by atoms with E-state index in [2.05, 4.69) is 13.8 Å². The third-order valence-corrected chi connectivity index (χ3v) is 5.11. The zero-order valence-corrected chi connectivity index (χ0v) is 15.5. The highest BCUT2D eigenvalue weighted by Gasteiger charge is 2.13. The van der Waals surface area contributed by atoms with Crippen LogP contribution >= 0.6 is 0 Å². The predicted molar refractivity (Wildman–Crippen MR) is 110 cm³/mol. The molecule has 0 heterocycles. The fourth-order valence-electron chi connectivity index (χ4n) is 3.72. The fraction of sp³-hybridized carbons (Fsp3) is 0.167. The van der Waals surface area contributed by atoms with Gasteiger partial charge in [0.1, 0.15) is 23.0 Å². The number of fused-ring (bicyclic) bond motifs is 2. The molecule has 0 saturated carbocycles. The first-order chi connectivity index (χ1) is 13.1. The van der Waals surface area contributed by atoms with Gasteiger partial charge in [-0.05, 0) is 53.4 Å². The zero-order chi connectivity index (χ0) is 19.0. The number of aryl methyl sites for hydroxylation is 2. The molecule has 0 aliphatic carbocycles. The van der Waals surface area contributed by atoms with E-state index >= 15 is 0 Å². The number of benzene rings is 4. The van der Waals surface area contributed by atoms with Crippen LogP contribution in [0.4, 0.5) is 0 Å². The molecular weight excluding hydrogens is 336 g/mol. The van der Waals surface area contributed by atoms with Crippen LogP contribution < -0.4 is 4.74 Å². The molecule has 0 spiro atoms. The van der Waals surface area contributed by atoms with Gasteiger partial charge in [0.05, 0.1) is 0 Å². The van der Waals surface area contributed by atoms with Crippen LogP contribution in [0.3, 0.4) is 0 Å². The Balaban J connectivity index is 1.85. The molecule has 4 aromatic rings. The Kier molecular flexibility index (Phi) is 4.36. The summed E-state index contributed by atoms with van der Waals surface area (Å²) in [6.07, 6.45) is 1.67. The molecule has 0 unspecified atom stereocenters. The minimum atomic E-state index is 0.213. The van der Waals surface area contributed by atoms with E-state index in [1.807, 2.05) is 48.5 Å². The van der Waals surface area contributed by atoms with Crippen LogP contribution in [-0.4, -0.2) is 10.2 Å². The van der Waals surface area contributed by atoms with E-state index in [9.17, 15) is 10.2 Å². The Hall–Kier alpha value is -3.20. The minimum Gasteiger partial charge on any atom is -0.507 e. The van der Waals surface area contributed by atoms with E-state index in [1.54, 1.807) is 12.1 Å². The van der Waals surface area contributed by atoms with Crippen LogP contribution in [0.1, 0.15) is 25.0 Å². The maximum atomic E-state index is 10.4. The summed E-state index contributed by atoms with van der Waals surface area (Å²) < 4.78 is 6.20. The normalized spacial score (nSPS) is 11.2. The average Bonchev–Trinajstić information content (AvgIpc) is 2.69. The summed E-state index contributed by atoms with van der Waals surface area (Å²) in [6, 6.07) is 18.9. The fourth-order valence-corrected chi connectivity index (χ4v) is 3.72. The van der Waals surface area contributed by atoms with E-state index < -0.39 is 0 Å². The zero-order valence-electron chi connectivity index (χ0n) is 15.5. The molecule has 3 heteroatoms. The van der Waals surface area contributed by atoms with Gasteiger partial charge in [-0.2, -0.15) is 0 Å². The summed E-state index contributed by atoms with van der Waals surface area (Å²) >= 11 is 0. The topological polar surface area (TPSA) is 49.7 Å². The Morgan fingerprint density at radius 2 is 1.44 bits per heavy atom. The molecule has 136 valence electrons. The summed E-state index contributed by atoms with van der Waals surface area (Å²) in [6.45, 7) is 4.18. The molecule has 0 atom stereocenters. The molecule has 3 nitrogen and oxygen atoms in total. The number of ether oxygens (including phenoxy) is 1. The van der Waals surface area contributed by atoms with Gasteiger partial charge in [-0.3, -0.25) is 0 Å². The molecule has 27 heavy (non-hydrogen) atoms. The Morgan fingerprint density at radius 1 is 0.704 bits per heavy atom.